The predicted molar refractivity (Wildman–Crippen MR) is 149 cm³/mol. The Labute approximate surface area is 231 Å². The molecule has 2 N–H and O–H groups in total. The van der Waals surface area contributed by atoms with Crippen molar-refractivity contribution in [1.29, 1.82) is 5.26 Å². The average Bonchev–Trinajstić information content (AvgIpc) is 3.86. The van der Waals surface area contributed by atoms with Gasteiger partial charge < -0.3 is 10.6 Å². The van der Waals surface area contributed by atoms with Crippen LogP contribution in [-0.2, 0) is 0 Å². The van der Waals surface area contributed by atoms with Crippen LogP contribution < -0.4 is 10.6 Å². The molecule has 2 aromatic heterocycles. The zero-order valence-electron chi connectivity index (χ0n) is 21.5. The quantitative estimate of drug-likeness (QED) is 0.236. The van der Waals surface area contributed by atoms with E-state index in [9.17, 15) is 9.65 Å². The van der Waals surface area contributed by atoms with E-state index in [0.717, 1.165) is 53.3 Å². The van der Waals surface area contributed by atoms with Gasteiger partial charge in [0, 0.05) is 23.8 Å². The molecule has 1 atom stereocenters. The Bertz CT molecular complexity index is 1580. The van der Waals surface area contributed by atoms with Crippen molar-refractivity contribution in [1.82, 2.24) is 20.0 Å². The number of nitriles is 1. The van der Waals surface area contributed by atoms with Gasteiger partial charge in [0.05, 0.1) is 40.1 Å². The summed E-state index contributed by atoms with van der Waals surface area (Å²) in [5.41, 5.74) is 4.61. The van der Waals surface area contributed by atoms with Crippen molar-refractivity contribution in [3.63, 3.8) is 0 Å². The third-order valence-corrected chi connectivity index (χ3v) is 9.00. The summed E-state index contributed by atoms with van der Waals surface area (Å²) in [5, 5.41) is 27.2. The summed E-state index contributed by atoms with van der Waals surface area (Å²) < 4.78 is 15.7. The van der Waals surface area contributed by atoms with Gasteiger partial charge >= 0.3 is 0 Å². The van der Waals surface area contributed by atoms with Crippen LogP contribution in [0.15, 0.2) is 48.8 Å². The Morgan fingerprint density at radius 1 is 1.15 bits per heavy atom. The van der Waals surface area contributed by atoms with Crippen molar-refractivity contribution in [2.24, 2.45) is 11.3 Å². The third kappa shape index (κ3) is 4.59. The number of fused-ring (bicyclic) bond motifs is 1. The first-order valence-electron chi connectivity index (χ1n) is 13.7. The number of hydrogen-bond acceptors (Lipinski definition) is 6. The van der Waals surface area contributed by atoms with E-state index in [1.54, 1.807) is 18.3 Å². The molecule has 3 fully saturated rings. The molecule has 0 aliphatic heterocycles. The van der Waals surface area contributed by atoms with Gasteiger partial charge in [-0.1, -0.05) is 35.4 Å². The fourth-order valence-corrected chi connectivity index (χ4v) is 6.30. The molecule has 198 valence electrons. The van der Waals surface area contributed by atoms with Gasteiger partial charge in [-0.05, 0) is 79.7 Å². The highest BCUT2D eigenvalue weighted by Crippen LogP contribution is 2.57. The lowest BCUT2D eigenvalue weighted by atomic mass is 9.65. The van der Waals surface area contributed by atoms with Gasteiger partial charge in [-0.2, -0.15) is 5.26 Å². The summed E-state index contributed by atoms with van der Waals surface area (Å²) in [5.74, 6) is 0.493. The van der Waals surface area contributed by atoms with Crippen LogP contribution in [0.1, 0.15) is 73.9 Å². The first-order chi connectivity index (χ1) is 19.0. The second-order valence-corrected chi connectivity index (χ2v) is 11.7. The van der Waals surface area contributed by atoms with Crippen molar-refractivity contribution >= 4 is 33.9 Å². The van der Waals surface area contributed by atoms with E-state index in [2.05, 4.69) is 32.0 Å². The Balaban J connectivity index is 1.26. The van der Waals surface area contributed by atoms with Gasteiger partial charge in [-0.3, -0.25) is 4.98 Å². The second-order valence-electron chi connectivity index (χ2n) is 11.3. The van der Waals surface area contributed by atoms with Gasteiger partial charge in [0.15, 0.2) is 0 Å². The largest absolute Gasteiger partial charge is 0.383 e. The molecule has 9 heteroatoms. The number of nitrogens with one attached hydrogen (secondary N) is 2. The van der Waals surface area contributed by atoms with Crippen molar-refractivity contribution in [2.45, 2.75) is 57.0 Å². The van der Waals surface area contributed by atoms with Gasteiger partial charge in [0.1, 0.15) is 17.6 Å². The molecule has 3 aliphatic rings. The highest BCUT2D eigenvalue weighted by molar-refractivity contribution is 6.35. The van der Waals surface area contributed by atoms with Gasteiger partial charge in [-0.25, -0.2) is 9.07 Å². The molecule has 0 radical (unpaired) electrons. The molecule has 7 rings (SSSR count). The minimum absolute atomic E-state index is 0.297. The minimum atomic E-state index is -0.372. The van der Waals surface area contributed by atoms with Gasteiger partial charge in [0.25, 0.3) is 0 Å². The van der Waals surface area contributed by atoms with Crippen molar-refractivity contribution in [2.75, 3.05) is 17.2 Å². The van der Waals surface area contributed by atoms with Crippen LogP contribution in [0, 0.1) is 28.5 Å². The van der Waals surface area contributed by atoms with Crippen molar-refractivity contribution in [3.8, 4) is 6.07 Å². The van der Waals surface area contributed by atoms with E-state index in [4.69, 9.17) is 11.6 Å². The van der Waals surface area contributed by atoms with Crippen molar-refractivity contribution < 1.29 is 4.39 Å². The highest BCUT2D eigenvalue weighted by atomic mass is 35.5. The van der Waals surface area contributed by atoms with E-state index < -0.39 is 0 Å². The minimum Gasteiger partial charge on any atom is -0.383 e. The number of aromatic nitrogens is 4. The van der Waals surface area contributed by atoms with Crippen LogP contribution in [0.2, 0.25) is 5.02 Å². The first-order valence-corrected chi connectivity index (χ1v) is 14.1. The van der Waals surface area contributed by atoms with E-state index in [1.165, 1.54) is 44.2 Å². The Kier molecular flexibility index (Phi) is 5.93. The molecule has 1 unspecified atom stereocenters. The first kappa shape index (κ1) is 24.3. The maximum absolute atomic E-state index is 13.8. The fourth-order valence-electron chi connectivity index (χ4n) is 6.03. The SMILES string of the molecule is N#Cc1cnc2c(Cl)cc(NC(c3ccc(F)cc3)c3cn(C4CC4)nn3)cc2c1NCC1(C2CC2)CCC1. The number of halogens is 2. The van der Waals surface area contributed by atoms with E-state index in [0.29, 0.717) is 27.6 Å². The molecule has 0 amide bonds. The zero-order valence-corrected chi connectivity index (χ0v) is 22.3. The van der Waals surface area contributed by atoms with E-state index in [-0.39, 0.29) is 11.9 Å². The molecule has 2 heterocycles. The van der Waals surface area contributed by atoms with Crippen LogP contribution in [0.3, 0.4) is 0 Å². The average molecular weight is 542 g/mol. The second kappa shape index (κ2) is 9.49. The van der Waals surface area contributed by atoms with Crippen LogP contribution >= 0.6 is 11.6 Å². The zero-order chi connectivity index (χ0) is 26.6. The van der Waals surface area contributed by atoms with Crippen LogP contribution in [0.5, 0.6) is 0 Å². The molecule has 7 nitrogen and oxygen atoms in total. The Morgan fingerprint density at radius 3 is 2.62 bits per heavy atom. The summed E-state index contributed by atoms with van der Waals surface area (Å²) in [6.07, 6.45) is 12.1. The predicted octanol–water partition coefficient (Wildman–Crippen LogP) is 7.02. The number of pyridine rings is 1. The lowest BCUT2D eigenvalue weighted by molar-refractivity contribution is 0.118. The van der Waals surface area contributed by atoms with Gasteiger partial charge in [0.2, 0.25) is 0 Å². The number of benzene rings is 2. The summed E-state index contributed by atoms with van der Waals surface area (Å²) in [4.78, 5) is 4.52. The van der Waals surface area contributed by atoms with Gasteiger partial charge in [-0.15, -0.1) is 5.10 Å². The number of anilines is 2. The maximum Gasteiger partial charge on any atom is 0.123 e. The number of rotatable bonds is 9. The number of hydrogen-bond donors (Lipinski definition) is 2. The standard InChI is InChI=1S/C30H29ClFN7/c31-25-13-22(36-28(18-2-6-21(32)7-3-18)26-16-39(38-37-26)23-8-9-23)12-24-27(19(14-33)15-34-29(24)25)35-17-30(10-1-11-30)20-4-5-20/h2-3,6-7,12-13,15-16,20,23,28,36H,1,4-5,8-11,17H2,(H,34,35). The third-order valence-electron chi connectivity index (χ3n) is 8.71. The van der Waals surface area contributed by atoms with E-state index >= 15 is 0 Å². The monoisotopic (exact) mass is 541 g/mol. The van der Waals surface area contributed by atoms with Crippen LogP contribution in [0.4, 0.5) is 15.8 Å². The molecular weight excluding hydrogens is 513 g/mol. The normalized spacial score (nSPS) is 18.8. The van der Waals surface area contributed by atoms with E-state index in [1.807, 2.05) is 23.0 Å². The van der Waals surface area contributed by atoms with Crippen molar-refractivity contribution in [3.05, 3.63) is 76.5 Å². The maximum atomic E-state index is 13.8. The molecule has 0 bridgehead atoms. The molecule has 0 saturated heterocycles. The summed E-state index contributed by atoms with van der Waals surface area (Å²) in [6, 6.07) is 12.6. The molecule has 4 aromatic rings. The summed E-state index contributed by atoms with van der Waals surface area (Å²) in [6.45, 7) is 0.850. The topological polar surface area (TPSA) is 91.5 Å². The molecule has 0 spiro atoms. The fraction of sp³-hybridized carbons (Fsp3) is 0.400. The smallest absolute Gasteiger partial charge is 0.123 e. The molecular formula is C30H29ClFN7. The summed E-state index contributed by atoms with van der Waals surface area (Å²) >= 11 is 6.77. The highest BCUT2D eigenvalue weighted by Gasteiger charge is 2.48. The molecule has 3 aliphatic carbocycles. The lowest BCUT2D eigenvalue weighted by Gasteiger charge is -2.43. The molecule has 39 heavy (non-hydrogen) atoms. The Hall–Kier alpha value is -3.70. The van der Waals surface area contributed by atoms with Crippen LogP contribution in [0.25, 0.3) is 10.9 Å². The number of nitrogens with zero attached hydrogens (tertiary/aromatic N) is 5. The Morgan fingerprint density at radius 2 is 1.95 bits per heavy atom. The molecule has 2 aromatic carbocycles. The lowest BCUT2D eigenvalue weighted by Crippen LogP contribution is -2.38. The summed E-state index contributed by atoms with van der Waals surface area (Å²) in [7, 11) is 0. The van der Waals surface area contributed by atoms with Crippen LogP contribution in [-0.4, -0.2) is 26.5 Å². The molecule has 3 saturated carbocycles.